The lowest BCUT2D eigenvalue weighted by molar-refractivity contribution is 0.0932. The van der Waals surface area contributed by atoms with Crippen LogP contribution in [0.4, 0.5) is 0 Å². The lowest BCUT2D eigenvalue weighted by atomic mass is 10.1. The van der Waals surface area contributed by atoms with Crippen molar-refractivity contribution in [1.82, 2.24) is 15.5 Å². The maximum atomic E-state index is 12.3. The Labute approximate surface area is 144 Å². The highest BCUT2D eigenvalue weighted by Gasteiger charge is 2.19. The molecule has 3 aromatic rings. The van der Waals surface area contributed by atoms with Crippen LogP contribution in [0.2, 0.25) is 5.02 Å². The van der Waals surface area contributed by atoms with Crippen LogP contribution in [-0.4, -0.2) is 16.0 Å². The number of amides is 1. The third-order valence-corrected chi connectivity index (χ3v) is 3.88. The molecule has 0 radical (unpaired) electrons. The van der Waals surface area contributed by atoms with Crippen molar-refractivity contribution in [2.45, 2.75) is 19.9 Å². The molecule has 6 heteroatoms. The molecule has 0 saturated heterocycles. The van der Waals surface area contributed by atoms with Gasteiger partial charge in [0.2, 0.25) is 11.7 Å². The molecule has 3 rings (SSSR count). The van der Waals surface area contributed by atoms with Crippen LogP contribution in [0.1, 0.15) is 34.8 Å². The molecule has 0 aliphatic heterocycles. The van der Waals surface area contributed by atoms with Gasteiger partial charge in [-0.2, -0.15) is 4.98 Å². The molecule has 1 N–H and O–H groups in total. The van der Waals surface area contributed by atoms with Gasteiger partial charge in [0.1, 0.15) is 6.04 Å². The smallest absolute Gasteiger partial charge is 0.253 e. The third kappa shape index (κ3) is 3.46. The molecular weight excluding hydrogens is 326 g/mol. The van der Waals surface area contributed by atoms with E-state index in [9.17, 15) is 4.79 Å². The Hall–Kier alpha value is -2.66. The number of benzene rings is 2. The first-order valence-corrected chi connectivity index (χ1v) is 7.88. The predicted molar refractivity (Wildman–Crippen MR) is 91.8 cm³/mol. The van der Waals surface area contributed by atoms with E-state index in [2.05, 4.69) is 15.5 Å². The van der Waals surface area contributed by atoms with Crippen molar-refractivity contribution >= 4 is 17.5 Å². The second-order valence-electron chi connectivity index (χ2n) is 5.50. The van der Waals surface area contributed by atoms with Crippen molar-refractivity contribution in [3.63, 3.8) is 0 Å². The van der Waals surface area contributed by atoms with Gasteiger partial charge in [0.25, 0.3) is 5.91 Å². The van der Waals surface area contributed by atoms with Crippen molar-refractivity contribution < 1.29 is 9.32 Å². The van der Waals surface area contributed by atoms with Gasteiger partial charge in [-0.05, 0) is 32.0 Å². The molecular formula is C18H16ClN3O2. The fourth-order valence-electron chi connectivity index (χ4n) is 2.29. The van der Waals surface area contributed by atoms with E-state index < -0.39 is 6.04 Å². The number of nitrogens with one attached hydrogen (secondary N) is 1. The predicted octanol–water partition coefficient (Wildman–Crippen LogP) is 4.19. The van der Waals surface area contributed by atoms with Crippen LogP contribution < -0.4 is 5.32 Å². The second-order valence-corrected chi connectivity index (χ2v) is 5.91. The third-order valence-electron chi connectivity index (χ3n) is 3.55. The number of aromatic nitrogens is 2. The fraction of sp³-hybridized carbons (Fsp3) is 0.167. The van der Waals surface area contributed by atoms with Crippen LogP contribution in [0.25, 0.3) is 11.4 Å². The zero-order valence-electron chi connectivity index (χ0n) is 13.3. The van der Waals surface area contributed by atoms with E-state index >= 15 is 0 Å². The monoisotopic (exact) mass is 341 g/mol. The molecule has 5 nitrogen and oxygen atoms in total. The standard InChI is InChI=1S/C18H16ClN3O2/c1-11-6-5-7-13(10-11)16-21-18(24-22-16)12(2)20-17(23)14-8-3-4-9-15(14)19/h3-10,12H,1-2H3,(H,20,23)/t12-/m1/s1. The van der Waals surface area contributed by atoms with Gasteiger partial charge in [-0.3, -0.25) is 4.79 Å². The molecule has 0 fully saturated rings. The molecule has 0 spiro atoms. The minimum Gasteiger partial charge on any atom is -0.340 e. The zero-order valence-corrected chi connectivity index (χ0v) is 14.0. The summed E-state index contributed by atoms with van der Waals surface area (Å²) in [5, 5.41) is 7.19. The van der Waals surface area contributed by atoms with Crippen LogP contribution in [0.5, 0.6) is 0 Å². The minimum absolute atomic E-state index is 0.289. The van der Waals surface area contributed by atoms with Gasteiger partial charge in [0.05, 0.1) is 10.6 Å². The lowest BCUT2D eigenvalue weighted by Crippen LogP contribution is -2.27. The summed E-state index contributed by atoms with van der Waals surface area (Å²) in [5.41, 5.74) is 2.39. The first-order chi connectivity index (χ1) is 11.5. The van der Waals surface area contributed by atoms with Crippen LogP contribution in [0.3, 0.4) is 0 Å². The molecule has 1 amide bonds. The van der Waals surface area contributed by atoms with E-state index in [1.807, 2.05) is 31.2 Å². The maximum Gasteiger partial charge on any atom is 0.253 e. The lowest BCUT2D eigenvalue weighted by Gasteiger charge is -2.10. The summed E-state index contributed by atoms with van der Waals surface area (Å²) in [7, 11) is 0. The van der Waals surface area contributed by atoms with Crippen LogP contribution in [0.15, 0.2) is 53.1 Å². The molecule has 0 aliphatic carbocycles. The molecule has 0 bridgehead atoms. The summed E-state index contributed by atoms with van der Waals surface area (Å²) in [5.74, 6) is 0.544. The highest BCUT2D eigenvalue weighted by Crippen LogP contribution is 2.21. The van der Waals surface area contributed by atoms with Crippen LogP contribution in [-0.2, 0) is 0 Å². The van der Waals surface area contributed by atoms with E-state index in [0.29, 0.717) is 22.3 Å². The number of hydrogen-bond acceptors (Lipinski definition) is 4. The number of aryl methyl sites for hydroxylation is 1. The van der Waals surface area contributed by atoms with Gasteiger partial charge in [-0.15, -0.1) is 0 Å². The number of carbonyl (C=O) groups is 1. The summed E-state index contributed by atoms with van der Waals surface area (Å²) in [6.07, 6.45) is 0. The van der Waals surface area contributed by atoms with Crippen LogP contribution in [0, 0.1) is 6.92 Å². The second kappa shape index (κ2) is 6.84. The number of carbonyl (C=O) groups excluding carboxylic acids is 1. The zero-order chi connectivity index (χ0) is 17.1. The molecule has 1 heterocycles. The topological polar surface area (TPSA) is 68.0 Å². The van der Waals surface area contributed by atoms with E-state index in [1.54, 1.807) is 31.2 Å². The Bertz CT molecular complexity index is 876. The number of halogens is 1. The Balaban J connectivity index is 1.75. The largest absolute Gasteiger partial charge is 0.340 e. The Morgan fingerprint density at radius 1 is 1.21 bits per heavy atom. The van der Waals surface area contributed by atoms with Gasteiger partial charge >= 0.3 is 0 Å². The maximum absolute atomic E-state index is 12.3. The highest BCUT2D eigenvalue weighted by molar-refractivity contribution is 6.33. The van der Waals surface area contributed by atoms with E-state index in [-0.39, 0.29) is 5.91 Å². The highest BCUT2D eigenvalue weighted by atomic mass is 35.5. The minimum atomic E-state index is -0.431. The van der Waals surface area contributed by atoms with Gasteiger partial charge in [0.15, 0.2) is 0 Å². The SMILES string of the molecule is Cc1cccc(-c2noc([C@@H](C)NC(=O)c3ccccc3Cl)n2)c1. The summed E-state index contributed by atoms with van der Waals surface area (Å²) in [6, 6.07) is 14.2. The molecule has 0 unspecified atom stereocenters. The molecule has 122 valence electrons. The Morgan fingerprint density at radius 2 is 2.00 bits per heavy atom. The van der Waals surface area contributed by atoms with E-state index in [0.717, 1.165) is 11.1 Å². The molecule has 2 aromatic carbocycles. The molecule has 0 aliphatic rings. The van der Waals surface area contributed by atoms with Crippen molar-refractivity contribution in [2.75, 3.05) is 0 Å². The summed E-state index contributed by atoms with van der Waals surface area (Å²) in [4.78, 5) is 16.7. The van der Waals surface area contributed by atoms with Gasteiger partial charge in [-0.1, -0.05) is 52.7 Å². The molecule has 0 saturated carbocycles. The normalized spacial score (nSPS) is 12.0. The molecule has 1 atom stereocenters. The van der Waals surface area contributed by atoms with Gasteiger partial charge < -0.3 is 9.84 Å². The van der Waals surface area contributed by atoms with Gasteiger partial charge in [0, 0.05) is 5.56 Å². The molecule has 1 aromatic heterocycles. The summed E-state index contributed by atoms with van der Waals surface area (Å²) >= 11 is 6.04. The average molecular weight is 342 g/mol. The Morgan fingerprint density at radius 3 is 2.75 bits per heavy atom. The van der Waals surface area contributed by atoms with E-state index in [4.69, 9.17) is 16.1 Å². The Kier molecular flexibility index (Phi) is 4.62. The first-order valence-electron chi connectivity index (χ1n) is 7.50. The van der Waals surface area contributed by atoms with Crippen molar-refractivity contribution in [2.24, 2.45) is 0 Å². The number of nitrogens with zero attached hydrogens (tertiary/aromatic N) is 2. The fourth-order valence-corrected chi connectivity index (χ4v) is 2.52. The first kappa shape index (κ1) is 16.2. The quantitative estimate of drug-likeness (QED) is 0.772. The van der Waals surface area contributed by atoms with Crippen molar-refractivity contribution in [3.05, 3.63) is 70.6 Å². The number of rotatable bonds is 4. The number of hydrogen-bond donors (Lipinski definition) is 1. The van der Waals surface area contributed by atoms with Gasteiger partial charge in [-0.25, -0.2) is 0 Å². The summed E-state index contributed by atoms with van der Waals surface area (Å²) < 4.78 is 5.28. The van der Waals surface area contributed by atoms with Crippen LogP contribution >= 0.6 is 11.6 Å². The molecule has 24 heavy (non-hydrogen) atoms. The van der Waals surface area contributed by atoms with E-state index in [1.165, 1.54) is 0 Å². The van der Waals surface area contributed by atoms with Crippen molar-refractivity contribution in [3.8, 4) is 11.4 Å². The average Bonchev–Trinajstić information content (AvgIpc) is 3.05. The van der Waals surface area contributed by atoms with Crippen molar-refractivity contribution in [1.29, 1.82) is 0 Å². The summed E-state index contributed by atoms with van der Waals surface area (Å²) in [6.45, 7) is 3.78.